The lowest BCUT2D eigenvalue weighted by atomic mass is 10.0. The molecule has 3 rings (SSSR count). The van der Waals surface area contributed by atoms with Gasteiger partial charge in [-0.05, 0) is 54.0 Å². The van der Waals surface area contributed by atoms with E-state index >= 15 is 0 Å². The molecule has 0 radical (unpaired) electrons. The highest BCUT2D eigenvalue weighted by atomic mass is 32.1. The predicted molar refractivity (Wildman–Crippen MR) is 79.8 cm³/mol. The Bertz CT molecular complexity index is 559. The fraction of sp³-hybridized carbons (Fsp3) is 0.375. The lowest BCUT2D eigenvalue weighted by molar-refractivity contribution is 0.303. The van der Waals surface area contributed by atoms with Gasteiger partial charge in [-0.15, -0.1) is 11.3 Å². The molecular formula is C16H19NOS. The molecule has 0 spiro atoms. The molecule has 100 valence electrons. The van der Waals surface area contributed by atoms with Gasteiger partial charge in [-0.1, -0.05) is 19.1 Å². The number of hydrogen-bond acceptors (Lipinski definition) is 3. The molecule has 2 aromatic rings. The summed E-state index contributed by atoms with van der Waals surface area (Å²) >= 11 is 1.74. The van der Waals surface area contributed by atoms with Crippen LogP contribution in [-0.4, -0.2) is 6.10 Å². The van der Waals surface area contributed by atoms with Crippen molar-refractivity contribution in [2.75, 3.05) is 0 Å². The normalized spacial score (nSPS) is 16.3. The Morgan fingerprint density at radius 1 is 1.37 bits per heavy atom. The van der Waals surface area contributed by atoms with Crippen molar-refractivity contribution in [1.29, 1.82) is 0 Å². The van der Waals surface area contributed by atoms with E-state index in [1.165, 1.54) is 23.3 Å². The monoisotopic (exact) mass is 273 g/mol. The van der Waals surface area contributed by atoms with Crippen LogP contribution in [0.3, 0.4) is 0 Å². The zero-order chi connectivity index (χ0) is 13.2. The Hall–Kier alpha value is -1.32. The van der Waals surface area contributed by atoms with Crippen molar-refractivity contribution >= 4 is 11.3 Å². The van der Waals surface area contributed by atoms with E-state index in [1.807, 2.05) is 12.1 Å². The van der Waals surface area contributed by atoms with Crippen molar-refractivity contribution in [3.63, 3.8) is 0 Å². The summed E-state index contributed by atoms with van der Waals surface area (Å²) in [4.78, 5) is 1.27. The van der Waals surface area contributed by atoms with Crippen molar-refractivity contribution in [2.45, 2.75) is 38.3 Å². The van der Waals surface area contributed by atoms with Crippen LogP contribution in [0.4, 0.5) is 0 Å². The number of hydrogen-bond donors (Lipinski definition) is 1. The Kier molecular flexibility index (Phi) is 3.58. The second-order valence-corrected chi connectivity index (χ2v) is 5.98. The van der Waals surface area contributed by atoms with Crippen molar-refractivity contribution < 1.29 is 4.74 Å². The quantitative estimate of drug-likeness (QED) is 0.896. The first-order valence-electron chi connectivity index (χ1n) is 6.86. The average molecular weight is 273 g/mol. The summed E-state index contributed by atoms with van der Waals surface area (Å²) in [6, 6.07) is 10.4. The van der Waals surface area contributed by atoms with E-state index in [2.05, 4.69) is 30.5 Å². The summed E-state index contributed by atoms with van der Waals surface area (Å²) in [5.41, 5.74) is 8.89. The van der Waals surface area contributed by atoms with E-state index in [9.17, 15) is 0 Å². The van der Waals surface area contributed by atoms with Crippen molar-refractivity contribution in [1.82, 2.24) is 0 Å². The van der Waals surface area contributed by atoms with Crippen LogP contribution in [0.5, 0.6) is 5.75 Å². The number of thiophene rings is 1. The van der Waals surface area contributed by atoms with Gasteiger partial charge in [-0.25, -0.2) is 0 Å². The maximum atomic E-state index is 6.41. The van der Waals surface area contributed by atoms with Gasteiger partial charge in [0.15, 0.2) is 0 Å². The van der Waals surface area contributed by atoms with Gasteiger partial charge >= 0.3 is 0 Å². The molecular weight excluding hydrogens is 254 g/mol. The molecule has 1 aromatic carbocycles. The fourth-order valence-electron chi connectivity index (χ4n) is 2.22. The molecule has 0 bridgehead atoms. The highest BCUT2D eigenvalue weighted by Crippen LogP contribution is 2.32. The van der Waals surface area contributed by atoms with Crippen LogP contribution in [0.1, 0.15) is 41.8 Å². The molecule has 2 N–H and O–H groups in total. The average Bonchev–Trinajstić information content (AvgIpc) is 3.11. The molecule has 3 heteroatoms. The Balaban J connectivity index is 1.84. The Morgan fingerprint density at radius 2 is 2.21 bits per heavy atom. The molecule has 1 unspecified atom stereocenters. The summed E-state index contributed by atoms with van der Waals surface area (Å²) in [5.74, 6) is 0.949. The minimum atomic E-state index is -0.0438. The third-order valence-electron chi connectivity index (χ3n) is 3.49. The van der Waals surface area contributed by atoms with Crippen LogP contribution >= 0.6 is 11.3 Å². The van der Waals surface area contributed by atoms with E-state index in [1.54, 1.807) is 11.3 Å². The van der Waals surface area contributed by atoms with E-state index in [0.717, 1.165) is 17.7 Å². The highest BCUT2D eigenvalue weighted by molar-refractivity contribution is 7.10. The Labute approximate surface area is 118 Å². The molecule has 1 fully saturated rings. The Morgan fingerprint density at radius 3 is 2.95 bits per heavy atom. The maximum Gasteiger partial charge on any atom is 0.120 e. The zero-order valence-electron chi connectivity index (χ0n) is 11.1. The SMILES string of the molecule is CCc1ccsc1C(N)c1cccc(OC2CC2)c1. The molecule has 1 saturated carbocycles. The van der Waals surface area contributed by atoms with E-state index in [4.69, 9.17) is 10.5 Å². The van der Waals surface area contributed by atoms with Gasteiger partial charge in [0.1, 0.15) is 5.75 Å². The molecule has 1 heterocycles. The number of aryl methyl sites for hydroxylation is 1. The van der Waals surface area contributed by atoms with Gasteiger partial charge in [0, 0.05) is 4.88 Å². The lowest BCUT2D eigenvalue weighted by Crippen LogP contribution is -2.12. The molecule has 2 nitrogen and oxygen atoms in total. The molecule has 19 heavy (non-hydrogen) atoms. The van der Waals surface area contributed by atoms with Gasteiger partial charge in [0.25, 0.3) is 0 Å². The van der Waals surface area contributed by atoms with Gasteiger partial charge in [-0.3, -0.25) is 0 Å². The third-order valence-corrected chi connectivity index (χ3v) is 4.53. The van der Waals surface area contributed by atoms with Crippen LogP contribution in [0.25, 0.3) is 0 Å². The summed E-state index contributed by atoms with van der Waals surface area (Å²) in [6.45, 7) is 2.17. The van der Waals surface area contributed by atoms with Crippen molar-refractivity contribution in [3.8, 4) is 5.75 Å². The maximum absolute atomic E-state index is 6.41. The second kappa shape index (κ2) is 5.35. The minimum Gasteiger partial charge on any atom is -0.490 e. The standard InChI is InChI=1S/C16H19NOS/c1-2-11-8-9-19-16(11)15(17)12-4-3-5-14(10-12)18-13-6-7-13/h3-5,8-10,13,15H,2,6-7,17H2,1H3. The fourth-order valence-corrected chi connectivity index (χ4v) is 3.25. The van der Waals surface area contributed by atoms with Crippen LogP contribution in [0.15, 0.2) is 35.7 Å². The van der Waals surface area contributed by atoms with Crippen LogP contribution in [-0.2, 0) is 6.42 Å². The molecule has 1 aliphatic carbocycles. The summed E-state index contributed by atoms with van der Waals surface area (Å²) < 4.78 is 5.84. The summed E-state index contributed by atoms with van der Waals surface area (Å²) in [5, 5.41) is 2.12. The van der Waals surface area contributed by atoms with Crippen molar-refractivity contribution in [3.05, 3.63) is 51.7 Å². The molecule has 0 aliphatic heterocycles. The van der Waals surface area contributed by atoms with Crippen LogP contribution in [0, 0.1) is 0 Å². The van der Waals surface area contributed by atoms with Gasteiger partial charge < -0.3 is 10.5 Å². The molecule has 1 atom stereocenters. The van der Waals surface area contributed by atoms with Crippen LogP contribution in [0.2, 0.25) is 0 Å². The molecule has 1 aliphatic rings. The van der Waals surface area contributed by atoms with Gasteiger partial charge in [-0.2, -0.15) is 0 Å². The highest BCUT2D eigenvalue weighted by Gasteiger charge is 2.23. The van der Waals surface area contributed by atoms with E-state index in [0.29, 0.717) is 6.10 Å². The molecule has 0 amide bonds. The summed E-state index contributed by atoms with van der Waals surface area (Å²) in [6.07, 6.45) is 3.83. The lowest BCUT2D eigenvalue weighted by Gasteiger charge is -2.14. The number of nitrogens with two attached hydrogens (primary N) is 1. The van der Waals surface area contributed by atoms with Crippen LogP contribution < -0.4 is 10.5 Å². The number of rotatable bonds is 5. The minimum absolute atomic E-state index is 0.0438. The largest absolute Gasteiger partial charge is 0.490 e. The first-order chi connectivity index (χ1) is 9.28. The first-order valence-corrected chi connectivity index (χ1v) is 7.74. The smallest absolute Gasteiger partial charge is 0.120 e. The zero-order valence-corrected chi connectivity index (χ0v) is 12.0. The number of ether oxygens (including phenoxy) is 1. The molecule has 1 aromatic heterocycles. The third kappa shape index (κ3) is 2.82. The van der Waals surface area contributed by atoms with E-state index < -0.39 is 0 Å². The first kappa shape index (κ1) is 12.7. The van der Waals surface area contributed by atoms with E-state index in [-0.39, 0.29) is 6.04 Å². The van der Waals surface area contributed by atoms with Crippen molar-refractivity contribution in [2.24, 2.45) is 5.73 Å². The summed E-state index contributed by atoms with van der Waals surface area (Å²) in [7, 11) is 0. The van der Waals surface area contributed by atoms with Gasteiger partial charge in [0.2, 0.25) is 0 Å². The predicted octanol–water partition coefficient (Wildman–Crippen LogP) is 3.90. The second-order valence-electron chi connectivity index (χ2n) is 5.03. The number of benzene rings is 1. The van der Waals surface area contributed by atoms with Gasteiger partial charge in [0.05, 0.1) is 12.1 Å². The molecule has 0 saturated heterocycles. The topological polar surface area (TPSA) is 35.2 Å².